The van der Waals surface area contributed by atoms with Gasteiger partial charge in [-0.2, -0.15) is 0 Å². The van der Waals surface area contributed by atoms with Crippen LogP contribution in [0.15, 0.2) is 6.20 Å². The zero-order valence-corrected chi connectivity index (χ0v) is 10.2. The van der Waals surface area contributed by atoms with E-state index in [2.05, 4.69) is 4.98 Å². The van der Waals surface area contributed by atoms with Gasteiger partial charge in [0, 0.05) is 23.4 Å². The average molecular weight is 236 g/mol. The van der Waals surface area contributed by atoms with Gasteiger partial charge in [-0.15, -0.1) is 0 Å². The Morgan fingerprint density at radius 2 is 2.12 bits per heavy atom. The molecule has 0 saturated heterocycles. The van der Waals surface area contributed by atoms with Crippen LogP contribution in [0, 0.1) is 12.8 Å². The van der Waals surface area contributed by atoms with Crippen LogP contribution in [0.2, 0.25) is 0 Å². The van der Waals surface area contributed by atoms with Crippen LogP contribution >= 0.6 is 0 Å². The Hall–Kier alpha value is -1.13. The third-order valence-electron chi connectivity index (χ3n) is 3.77. The molecule has 1 heterocycles. The Kier molecular flexibility index (Phi) is 3.64. The molecule has 1 fully saturated rings. The third kappa shape index (κ3) is 2.28. The highest BCUT2D eigenvalue weighted by Crippen LogP contribution is 2.39. The number of rotatable bonds is 3. The molecule has 0 amide bonds. The highest BCUT2D eigenvalue weighted by atomic mass is 16.3. The van der Waals surface area contributed by atoms with E-state index in [1.54, 1.807) is 13.1 Å². The van der Waals surface area contributed by atoms with E-state index in [1.807, 2.05) is 0 Å². The zero-order chi connectivity index (χ0) is 12.4. The third-order valence-corrected chi connectivity index (χ3v) is 3.77. The van der Waals surface area contributed by atoms with Crippen LogP contribution in [0.1, 0.15) is 48.5 Å². The molecular formula is C13H20N2O2. The first kappa shape index (κ1) is 12.3. The van der Waals surface area contributed by atoms with Crippen molar-refractivity contribution in [2.45, 2.75) is 45.3 Å². The van der Waals surface area contributed by atoms with Gasteiger partial charge in [-0.05, 0) is 25.7 Å². The van der Waals surface area contributed by atoms with E-state index in [1.165, 1.54) is 12.8 Å². The van der Waals surface area contributed by atoms with Crippen molar-refractivity contribution in [2.75, 3.05) is 0 Å². The summed E-state index contributed by atoms with van der Waals surface area (Å²) in [5.41, 5.74) is 8.15. The van der Waals surface area contributed by atoms with Crippen LogP contribution < -0.4 is 5.73 Å². The first-order valence-corrected chi connectivity index (χ1v) is 6.19. The van der Waals surface area contributed by atoms with Crippen molar-refractivity contribution in [1.29, 1.82) is 0 Å². The van der Waals surface area contributed by atoms with Gasteiger partial charge < -0.3 is 15.9 Å². The smallest absolute Gasteiger partial charge is 0.141 e. The molecule has 0 aliphatic heterocycles. The predicted molar refractivity (Wildman–Crippen MR) is 65.4 cm³/mol. The van der Waals surface area contributed by atoms with Crippen LogP contribution in [0.5, 0.6) is 5.75 Å². The Morgan fingerprint density at radius 1 is 1.47 bits per heavy atom. The summed E-state index contributed by atoms with van der Waals surface area (Å²) in [5.74, 6) is 0.559. The number of aromatic hydroxyl groups is 1. The van der Waals surface area contributed by atoms with Crippen molar-refractivity contribution in [2.24, 2.45) is 11.7 Å². The van der Waals surface area contributed by atoms with E-state index >= 15 is 0 Å². The second-order valence-electron chi connectivity index (χ2n) is 4.86. The number of nitrogens with zero attached hydrogens (tertiary/aromatic N) is 1. The van der Waals surface area contributed by atoms with Crippen molar-refractivity contribution in [1.82, 2.24) is 4.98 Å². The predicted octanol–water partition coefficient (Wildman–Crippen LogP) is 1.78. The molecule has 0 bridgehead atoms. The first-order chi connectivity index (χ1) is 8.15. The summed E-state index contributed by atoms with van der Waals surface area (Å²) >= 11 is 0. The minimum atomic E-state index is -0.193. The number of aliphatic hydroxyl groups excluding tert-OH is 1. The van der Waals surface area contributed by atoms with Crippen molar-refractivity contribution >= 4 is 0 Å². The molecule has 1 aromatic heterocycles. The summed E-state index contributed by atoms with van der Waals surface area (Å²) in [7, 11) is 0. The van der Waals surface area contributed by atoms with Crippen LogP contribution in [0.25, 0.3) is 0 Å². The number of hydrogen-bond acceptors (Lipinski definition) is 4. The summed E-state index contributed by atoms with van der Waals surface area (Å²) in [6, 6.07) is -0.193. The maximum absolute atomic E-state index is 10.1. The maximum Gasteiger partial charge on any atom is 0.141 e. The number of aliphatic hydroxyl groups is 1. The lowest BCUT2D eigenvalue weighted by atomic mass is 9.89. The lowest BCUT2D eigenvalue weighted by Gasteiger charge is -2.23. The van der Waals surface area contributed by atoms with Crippen molar-refractivity contribution in [3.63, 3.8) is 0 Å². The molecule has 0 radical (unpaired) electrons. The molecule has 2 rings (SSSR count). The normalized spacial score (nSPS) is 18.5. The highest BCUT2D eigenvalue weighted by Gasteiger charge is 2.27. The summed E-state index contributed by atoms with van der Waals surface area (Å²) in [5, 5.41) is 19.4. The molecule has 17 heavy (non-hydrogen) atoms. The molecule has 1 aliphatic rings. The Balaban J connectivity index is 2.37. The average Bonchev–Trinajstić information content (AvgIpc) is 2.85. The lowest BCUT2D eigenvalue weighted by Crippen LogP contribution is -2.21. The molecule has 1 aromatic rings. The Labute approximate surface area is 101 Å². The zero-order valence-electron chi connectivity index (χ0n) is 10.2. The number of nitrogens with two attached hydrogens (primary N) is 1. The minimum Gasteiger partial charge on any atom is -0.506 e. The molecule has 0 spiro atoms. The van der Waals surface area contributed by atoms with Gasteiger partial charge in [0.15, 0.2) is 0 Å². The van der Waals surface area contributed by atoms with E-state index in [0.717, 1.165) is 12.8 Å². The Bertz CT molecular complexity index is 401. The molecule has 1 saturated carbocycles. The molecule has 1 aliphatic carbocycles. The van der Waals surface area contributed by atoms with Gasteiger partial charge in [-0.1, -0.05) is 12.8 Å². The largest absolute Gasteiger partial charge is 0.506 e. The lowest BCUT2D eigenvalue weighted by molar-refractivity contribution is 0.276. The van der Waals surface area contributed by atoms with Gasteiger partial charge in [0.1, 0.15) is 5.75 Å². The summed E-state index contributed by atoms with van der Waals surface area (Å²) in [6.07, 6.45) is 6.23. The molecular weight excluding hydrogens is 216 g/mol. The van der Waals surface area contributed by atoms with E-state index in [-0.39, 0.29) is 18.4 Å². The monoisotopic (exact) mass is 236 g/mol. The molecule has 1 atom stereocenters. The van der Waals surface area contributed by atoms with Crippen molar-refractivity contribution in [3.8, 4) is 5.75 Å². The molecule has 4 nitrogen and oxygen atoms in total. The van der Waals surface area contributed by atoms with E-state index < -0.39 is 0 Å². The van der Waals surface area contributed by atoms with Gasteiger partial charge >= 0.3 is 0 Å². The standard InChI is InChI=1S/C13H20N2O2/c1-8-13(17)11(10(7-16)6-15-8)12(14)9-4-2-3-5-9/h6,9,12,16-17H,2-5,7,14H2,1H3/t12-/m1/s1. The van der Waals surface area contributed by atoms with Gasteiger partial charge in [-0.25, -0.2) is 0 Å². The van der Waals surface area contributed by atoms with Crippen LogP contribution in [0.3, 0.4) is 0 Å². The van der Waals surface area contributed by atoms with Crippen LogP contribution in [-0.4, -0.2) is 15.2 Å². The fourth-order valence-corrected chi connectivity index (χ4v) is 2.70. The number of aromatic nitrogens is 1. The summed E-state index contributed by atoms with van der Waals surface area (Å²) in [4.78, 5) is 4.05. The fourth-order valence-electron chi connectivity index (χ4n) is 2.70. The number of aryl methyl sites for hydroxylation is 1. The van der Waals surface area contributed by atoms with Gasteiger partial charge in [0.2, 0.25) is 0 Å². The quantitative estimate of drug-likeness (QED) is 0.747. The van der Waals surface area contributed by atoms with E-state index in [0.29, 0.717) is 22.7 Å². The minimum absolute atomic E-state index is 0.128. The summed E-state index contributed by atoms with van der Waals surface area (Å²) in [6.45, 7) is 1.62. The molecule has 0 unspecified atom stereocenters. The molecule has 0 aromatic carbocycles. The maximum atomic E-state index is 10.1. The highest BCUT2D eigenvalue weighted by molar-refractivity contribution is 5.43. The van der Waals surface area contributed by atoms with E-state index in [4.69, 9.17) is 5.73 Å². The van der Waals surface area contributed by atoms with Crippen LogP contribution in [0.4, 0.5) is 0 Å². The second-order valence-corrected chi connectivity index (χ2v) is 4.86. The fraction of sp³-hybridized carbons (Fsp3) is 0.615. The van der Waals surface area contributed by atoms with Gasteiger partial charge in [0.25, 0.3) is 0 Å². The molecule has 4 N–H and O–H groups in total. The number of pyridine rings is 1. The van der Waals surface area contributed by atoms with E-state index in [9.17, 15) is 10.2 Å². The second kappa shape index (κ2) is 5.02. The SMILES string of the molecule is Cc1ncc(CO)c([C@H](N)C2CCCC2)c1O. The van der Waals surface area contributed by atoms with Gasteiger partial charge in [-0.3, -0.25) is 4.98 Å². The first-order valence-electron chi connectivity index (χ1n) is 6.19. The topological polar surface area (TPSA) is 79.4 Å². The Morgan fingerprint density at radius 3 is 2.71 bits per heavy atom. The molecule has 4 heteroatoms. The van der Waals surface area contributed by atoms with Crippen molar-refractivity contribution in [3.05, 3.63) is 23.0 Å². The van der Waals surface area contributed by atoms with Gasteiger partial charge in [0.05, 0.1) is 12.3 Å². The van der Waals surface area contributed by atoms with Crippen molar-refractivity contribution < 1.29 is 10.2 Å². The number of hydrogen-bond donors (Lipinski definition) is 3. The van der Waals surface area contributed by atoms with Crippen LogP contribution in [-0.2, 0) is 6.61 Å². The summed E-state index contributed by atoms with van der Waals surface area (Å²) < 4.78 is 0. The molecule has 94 valence electrons.